The van der Waals surface area contributed by atoms with Gasteiger partial charge < -0.3 is 4.98 Å². The molecular formula is C12H18N2S. The first-order chi connectivity index (χ1) is 7.22. The molecule has 0 spiro atoms. The van der Waals surface area contributed by atoms with Crippen molar-refractivity contribution in [3.63, 3.8) is 0 Å². The highest BCUT2D eigenvalue weighted by molar-refractivity contribution is 7.71. The fraction of sp³-hybridized carbons (Fsp3) is 0.583. The summed E-state index contributed by atoms with van der Waals surface area (Å²) in [6.45, 7) is 6.68. The molecule has 0 saturated carbocycles. The third kappa shape index (κ3) is 2.13. The SMILES string of the molecule is CCN1CCC[C@@H]1c1c[nH]c(=S)c(C)c1. The van der Waals surface area contributed by atoms with E-state index in [-0.39, 0.29) is 0 Å². The van der Waals surface area contributed by atoms with Crippen LogP contribution in [0, 0.1) is 11.6 Å². The van der Waals surface area contributed by atoms with E-state index in [4.69, 9.17) is 12.2 Å². The number of rotatable bonds is 2. The zero-order valence-corrected chi connectivity index (χ0v) is 10.2. The summed E-state index contributed by atoms with van der Waals surface area (Å²) < 4.78 is 0.861. The number of pyridine rings is 1. The van der Waals surface area contributed by atoms with Gasteiger partial charge in [0.25, 0.3) is 0 Å². The number of aromatic nitrogens is 1. The van der Waals surface area contributed by atoms with Crippen molar-refractivity contribution in [2.24, 2.45) is 0 Å². The Bertz CT molecular complexity index is 397. The molecule has 1 fully saturated rings. The maximum Gasteiger partial charge on any atom is 0.106 e. The lowest BCUT2D eigenvalue weighted by Crippen LogP contribution is -2.22. The van der Waals surface area contributed by atoms with Gasteiger partial charge in [-0.3, -0.25) is 4.90 Å². The van der Waals surface area contributed by atoms with E-state index in [1.54, 1.807) is 0 Å². The van der Waals surface area contributed by atoms with E-state index < -0.39 is 0 Å². The minimum Gasteiger partial charge on any atom is -0.352 e. The maximum absolute atomic E-state index is 5.18. The first-order valence-corrected chi connectivity index (χ1v) is 6.06. The Kier molecular flexibility index (Phi) is 3.22. The fourth-order valence-electron chi connectivity index (χ4n) is 2.39. The Balaban J connectivity index is 2.29. The summed E-state index contributed by atoms with van der Waals surface area (Å²) in [5.74, 6) is 0. The Labute approximate surface area is 96.3 Å². The molecule has 1 aliphatic heterocycles. The van der Waals surface area contributed by atoms with Gasteiger partial charge >= 0.3 is 0 Å². The van der Waals surface area contributed by atoms with Crippen LogP contribution in [0.4, 0.5) is 0 Å². The average Bonchev–Trinajstić information content (AvgIpc) is 2.70. The van der Waals surface area contributed by atoms with Gasteiger partial charge in [0.05, 0.1) is 0 Å². The molecule has 1 atom stereocenters. The van der Waals surface area contributed by atoms with Crippen LogP contribution in [-0.2, 0) is 0 Å². The molecule has 2 rings (SSSR count). The van der Waals surface area contributed by atoms with Crippen LogP contribution >= 0.6 is 12.2 Å². The maximum atomic E-state index is 5.18. The highest BCUT2D eigenvalue weighted by Crippen LogP contribution is 2.31. The highest BCUT2D eigenvalue weighted by Gasteiger charge is 2.24. The largest absolute Gasteiger partial charge is 0.352 e. The lowest BCUT2D eigenvalue weighted by atomic mass is 10.1. The molecule has 1 N–H and O–H groups in total. The number of aryl methyl sites for hydroxylation is 1. The number of hydrogen-bond donors (Lipinski definition) is 1. The van der Waals surface area contributed by atoms with Crippen molar-refractivity contribution in [2.75, 3.05) is 13.1 Å². The molecule has 0 amide bonds. The Hall–Kier alpha value is -0.670. The molecule has 2 nitrogen and oxygen atoms in total. The highest BCUT2D eigenvalue weighted by atomic mass is 32.1. The fourth-order valence-corrected chi connectivity index (χ4v) is 2.51. The Morgan fingerprint density at radius 1 is 1.60 bits per heavy atom. The predicted molar refractivity (Wildman–Crippen MR) is 65.6 cm³/mol. The number of nitrogens with one attached hydrogen (secondary N) is 1. The van der Waals surface area contributed by atoms with Gasteiger partial charge in [0.15, 0.2) is 0 Å². The molecule has 1 saturated heterocycles. The molecule has 1 aliphatic rings. The summed E-state index contributed by atoms with van der Waals surface area (Å²) in [6, 6.07) is 2.83. The van der Waals surface area contributed by atoms with Crippen LogP contribution in [0.1, 0.15) is 36.9 Å². The van der Waals surface area contributed by atoms with Gasteiger partial charge in [0, 0.05) is 12.2 Å². The summed E-state index contributed by atoms with van der Waals surface area (Å²) >= 11 is 5.18. The van der Waals surface area contributed by atoms with Gasteiger partial charge in [-0.2, -0.15) is 0 Å². The minimum atomic E-state index is 0.598. The first kappa shape index (κ1) is 10.8. The molecule has 15 heavy (non-hydrogen) atoms. The first-order valence-electron chi connectivity index (χ1n) is 5.65. The van der Waals surface area contributed by atoms with E-state index in [0.717, 1.165) is 11.2 Å². The molecule has 1 aromatic rings. The van der Waals surface area contributed by atoms with Crippen LogP contribution in [0.3, 0.4) is 0 Å². The van der Waals surface area contributed by atoms with E-state index in [1.165, 1.54) is 30.5 Å². The van der Waals surface area contributed by atoms with Gasteiger partial charge in [-0.1, -0.05) is 25.2 Å². The number of aromatic amines is 1. The van der Waals surface area contributed by atoms with Crippen LogP contribution in [0.2, 0.25) is 0 Å². The van der Waals surface area contributed by atoms with E-state index in [2.05, 4.69) is 36.0 Å². The summed E-state index contributed by atoms with van der Waals surface area (Å²) in [6.07, 6.45) is 4.67. The van der Waals surface area contributed by atoms with Crippen LogP contribution in [-0.4, -0.2) is 23.0 Å². The molecule has 82 valence electrons. The van der Waals surface area contributed by atoms with Crippen molar-refractivity contribution >= 4 is 12.2 Å². The third-order valence-corrected chi connectivity index (χ3v) is 3.71. The predicted octanol–water partition coefficient (Wildman–Crippen LogP) is 3.21. The average molecular weight is 222 g/mol. The van der Waals surface area contributed by atoms with Crippen molar-refractivity contribution in [3.8, 4) is 0 Å². The summed E-state index contributed by atoms with van der Waals surface area (Å²) in [5.41, 5.74) is 2.57. The number of nitrogens with zero attached hydrogens (tertiary/aromatic N) is 1. The number of H-pyrrole nitrogens is 1. The molecule has 0 aliphatic carbocycles. The zero-order chi connectivity index (χ0) is 10.8. The van der Waals surface area contributed by atoms with Crippen molar-refractivity contribution in [2.45, 2.75) is 32.7 Å². The second kappa shape index (κ2) is 4.45. The molecule has 3 heteroatoms. The normalized spacial score (nSPS) is 22.1. The molecule has 0 radical (unpaired) electrons. The topological polar surface area (TPSA) is 19.0 Å². The summed E-state index contributed by atoms with van der Waals surface area (Å²) in [7, 11) is 0. The molecule has 0 unspecified atom stereocenters. The van der Waals surface area contributed by atoms with E-state index in [1.807, 2.05) is 0 Å². The van der Waals surface area contributed by atoms with Gasteiger partial charge in [0.1, 0.15) is 4.64 Å². The van der Waals surface area contributed by atoms with Crippen molar-refractivity contribution in [1.82, 2.24) is 9.88 Å². The summed E-state index contributed by atoms with van der Waals surface area (Å²) in [4.78, 5) is 5.71. The zero-order valence-electron chi connectivity index (χ0n) is 9.42. The van der Waals surface area contributed by atoms with E-state index in [0.29, 0.717) is 6.04 Å². The summed E-state index contributed by atoms with van der Waals surface area (Å²) in [5, 5.41) is 0. The van der Waals surface area contributed by atoms with E-state index >= 15 is 0 Å². The second-order valence-electron chi connectivity index (χ2n) is 4.23. The molecule has 0 bridgehead atoms. The van der Waals surface area contributed by atoms with Crippen molar-refractivity contribution in [3.05, 3.63) is 28.0 Å². The van der Waals surface area contributed by atoms with Crippen LogP contribution in [0.25, 0.3) is 0 Å². The molecular weight excluding hydrogens is 204 g/mol. The minimum absolute atomic E-state index is 0.598. The Morgan fingerprint density at radius 3 is 3.07 bits per heavy atom. The van der Waals surface area contributed by atoms with E-state index in [9.17, 15) is 0 Å². The molecule has 0 aromatic carbocycles. The third-order valence-electron chi connectivity index (χ3n) is 3.27. The lowest BCUT2D eigenvalue weighted by Gasteiger charge is -2.23. The quantitative estimate of drug-likeness (QED) is 0.775. The number of hydrogen-bond acceptors (Lipinski definition) is 2. The van der Waals surface area contributed by atoms with Crippen molar-refractivity contribution in [1.29, 1.82) is 0 Å². The standard InChI is InChI=1S/C12H18N2S/c1-3-14-6-4-5-11(14)10-7-9(2)12(15)13-8-10/h7-8,11H,3-6H2,1-2H3,(H,13,15)/t11-/m1/s1. The Morgan fingerprint density at radius 2 is 2.40 bits per heavy atom. The van der Waals surface area contributed by atoms with Gasteiger partial charge in [0.2, 0.25) is 0 Å². The van der Waals surface area contributed by atoms with Gasteiger partial charge in [-0.25, -0.2) is 0 Å². The van der Waals surface area contributed by atoms with Crippen LogP contribution in [0.5, 0.6) is 0 Å². The smallest absolute Gasteiger partial charge is 0.106 e. The van der Waals surface area contributed by atoms with Crippen LogP contribution in [0.15, 0.2) is 12.3 Å². The van der Waals surface area contributed by atoms with Gasteiger partial charge in [-0.05, 0) is 44.0 Å². The molecule has 2 heterocycles. The monoisotopic (exact) mass is 222 g/mol. The lowest BCUT2D eigenvalue weighted by molar-refractivity contribution is 0.271. The van der Waals surface area contributed by atoms with Gasteiger partial charge in [-0.15, -0.1) is 0 Å². The van der Waals surface area contributed by atoms with Crippen LogP contribution < -0.4 is 0 Å². The number of likely N-dealkylation sites (tertiary alicyclic amines) is 1. The van der Waals surface area contributed by atoms with Crippen molar-refractivity contribution < 1.29 is 0 Å². The molecule has 1 aromatic heterocycles. The second-order valence-corrected chi connectivity index (χ2v) is 4.64.